The minimum absolute atomic E-state index is 0.530. The first-order chi connectivity index (χ1) is 2.93. The largest absolute Gasteiger partial charge is 0.303 e. The highest BCUT2D eigenvalue weighted by atomic mass is 16.1. The molecule has 0 radical (unpaired) electrons. The Bertz CT molecular complexity index is 77.9. The van der Waals surface area contributed by atoms with Gasteiger partial charge in [-0.2, -0.15) is 0 Å². The summed E-state index contributed by atoms with van der Waals surface area (Å²) in [5, 5.41) is 0. The maximum atomic E-state index is 9.62. The van der Waals surface area contributed by atoms with Gasteiger partial charge in [0, 0.05) is 12.3 Å². The first-order valence-electron chi connectivity index (χ1n) is 2.05. The summed E-state index contributed by atoms with van der Waals surface area (Å²) in [5.41, 5.74) is 0. The molecular weight excluding hydrogens is 76.1 g/mol. The maximum absolute atomic E-state index is 9.62. The van der Waals surface area contributed by atoms with E-state index in [0.717, 1.165) is 6.29 Å². The van der Waals surface area contributed by atoms with E-state index in [1.165, 1.54) is 0 Å². The molecule has 0 aromatic carbocycles. The summed E-state index contributed by atoms with van der Waals surface area (Å²) in [4.78, 5) is 9.62. The van der Waals surface area contributed by atoms with E-state index in [9.17, 15) is 4.79 Å². The van der Waals surface area contributed by atoms with Gasteiger partial charge in [-0.05, 0) is 0 Å². The van der Waals surface area contributed by atoms with Crippen molar-refractivity contribution >= 4 is 6.29 Å². The quantitative estimate of drug-likeness (QED) is 0.355. The number of hydrogen-bond acceptors (Lipinski definition) is 1. The van der Waals surface area contributed by atoms with Crippen molar-refractivity contribution in [2.24, 2.45) is 5.92 Å². The summed E-state index contributed by atoms with van der Waals surface area (Å²) < 4.78 is 0. The van der Waals surface area contributed by atoms with Gasteiger partial charge in [-0.25, -0.2) is 0 Å². The fourth-order valence-electron chi connectivity index (χ4n) is 0.347. The molecule has 0 saturated carbocycles. The van der Waals surface area contributed by atoms with Gasteiger partial charge in [-0.1, -0.05) is 12.2 Å². The lowest BCUT2D eigenvalue weighted by molar-refractivity contribution is -0.108. The fraction of sp³-hybridized carbons (Fsp3) is 0.400. The van der Waals surface area contributed by atoms with Crippen molar-refractivity contribution in [2.45, 2.75) is 6.42 Å². The Balaban J connectivity index is 2.04. The molecule has 32 valence electrons. The first-order valence-corrected chi connectivity index (χ1v) is 2.05. The summed E-state index contributed by atoms with van der Waals surface area (Å²) in [5.74, 6) is 0.530. The minimum atomic E-state index is 0.530. The summed E-state index contributed by atoms with van der Waals surface area (Å²) in [6.07, 6.45) is 5.69. The highest BCUT2D eigenvalue weighted by Crippen LogP contribution is 2.17. The molecule has 1 heteroatoms. The van der Waals surface area contributed by atoms with Gasteiger partial charge in [0.2, 0.25) is 0 Å². The molecule has 0 aliphatic heterocycles. The van der Waals surface area contributed by atoms with Gasteiger partial charge in [-0.15, -0.1) is 0 Å². The van der Waals surface area contributed by atoms with E-state index in [1.807, 2.05) is 12.2 Å². The molecule has 0 aromatic rings. The third-order valence-corrected chi connectivity index (χ3v) is 0.833. The Hall–Kier alpha value is -0.590. The lowest BCUT2D eigenvalue weighted by Gasteiger charge is -1.75. The number of allylic oxidation sites excluding steroid dienone is 2. The van der Waals surface area contributed by atoms with E-state index < -0.39 is 0 Å². The summed E-state index contributed by atoms with van der Waals surface area (Å²) in [7, 11) is 0. The Morgan fingerprint density at radius 3 is 2.50 bits per heavy atom. The molecule has 1 rings (SSSR count). The molecule has 0 saturated heterocycles. The average molecular weight is 82.1 g/mol. The predicted molar refractivity (Wildman–Crippen MR) is 23.3 cm³/mol. The van der Waals surface area contributed by atoms with Crippen molar-refractivity contribution < 1.29 is 4.79 Å². The van der Waals surface area contributed by atoms with E-state index in [0.29, 0.717) is 12.3 Å². The highest BCUT2D eigenvalue weighted by molar-refractivity contribution is 5.52. The van der Waals surface area contributed by atoms with E-state index >= 15 is 0 Å². The Morgan fingerprint density at radius 1 is 1.67 bits per heavy atom. The minimum Gasteiger partial charge on any atom is -0.303 e. The molecular formula is C5H6O. The van der Waals surface area contributed by atoms with Crippen molar-refractivity contribution in [3.05, 3.63) is 12.2 Å². The predicted octanol–water partition coefficient (Wildman–Crippen LogP) is 0.761. The molecule has 0 amide bonds. The molecule has 1 aliphatic carbocycles. The van der Waals surface area contributed by atoms with Crippen LogP contribution in [0.1, 0.15) is 6.42 Å². The van der Waals surface area contributed by atoms with Gasteiger partial charge in [0.1, 0.15) is 6.29 Å². The number of carbonyl (C=O) groups excluding carboxylic acids is 1. The summed E-state index contributed by atoms with van der Waals surface area (Å²) in [6, 6.07) is 0. The molecule has 0 N–H and O–H groups in total. The fourth-order valence-corrected chi connectivity index (χ4v) is 0.347. The van der Waals surface area contributed by atoms with Crippen LogP contribution in [0.15, 0.2) is 12.2 Å². The second-order valence-corrected chi connectivity index (χ2v) is 1.45. The van der Waals surface area contributed by atoms with Crippen LogP contribution in [0.2, 0.25) is 0 Å². The molecule has 0 heterocycles. The second-order valence-electron chi connectivity index (χ2n) is 1.45. The van der Waals surface area contributed by atoms with Crippen LogP contribution >= 0.6 is 0 Å². The average Bonchev–Trinajstić information content (AvgIpc) is 2.21. The second kappa shape index (κ2) is 1.25. The third kappa shape index (κ3) is 0.677. The molecule has 0 bridgehead atoms. The topological polar surface area (TPSA) is 17.1 Å². The van der Waals surface area contributed by atoms with Crippen LogP contribution in [-0.4, -0.2) is 6.29 Å². The molecule has 6 heavy (non-hydrogen) atoms. The van der Waals surface area contributed by atoms with Gasteiger partial charge in [0.25, 0.3) is 0 Å². The highest BCUT2D eigenvalue weighted by Gasteiger charge is 2.07. The molecule has 0 spiro atoms. The standard InChI is InChI=1S/C5H6O/c6-4-3-5-1-2-5/h1-2,4-5H,3H2. The van der Waals surface area contributed by atoms with Crippen LogP contribution in [0.4, 0.5) is 0 Å². The zero-order valence-corrected chi connectivity index (χ0v) is 3.42. The van der Waals surface area contributed by atoms with Gasteiger partial charge in [0.05, 0.1) is 0 Å². The SMILES string of the molecule is O=CCC1C=C1. The van der Waals surface area contributed by atoms with Crippen LogP contribution in [0, 0.1) is 5.92 Å². The van der Waals surface area contributed by atoms with Gasteiger partial charge in [0.15, 0.2) is 0 Å². The van der Waals surface area contributed by atoms with Crippen molar-refractivity contribution in [1.29, 1.82) is 0 Å². The number of carbonyl (C=O) groups is 1. The number of aldehydes is 1. The normalized spacial score (nSPS) is 18.0. The summed E-state index contributed by atoms with van der Waals surface area (Å²) >= 11 is 0. The van der Waals surface area contributed by atoms with Crippen LogP contribution in [0.25, 0.3) is 0 Å². The Kier molecular flexibility index (Phi) is 0.748. The first kappa shape index (κ1) is 3.59. The van der Waals surface area contributed by atoms with E-state index in [-0.39, 0.29) is 0 Å². The number of hydrogen-bond donors (Lipinski definition) is 0. The molecule has 0 atom stereocenters. The molecule has 1 aliphatic rings. The lowest BCUT2D eigenvalue weighted by Crippen LogP contribution is -1.74. The van der Waals surface area contributed by atoms with Crippen molar-refractivity contribution in [3.63, 3.8) is 0 Å². The van der Waals surface area contributed by atoms with Gasteiger partial charge in [-0.3, -0.25) is 0 Å². The van der Waals surface area contributed by atoms with Crippen LogP contribution in [0.5, 0.6) is 0 Å². The smallest absolute Gasteiger partial charge is 0.120 e. The van der Waals surface area contributed by atoms with E-state index in [4.69, 9.17) is 0 Å². The Morgan fingerprint density at radius 2 is 2.33 bits per heavy atom. The Labute approximate surface area is 36.7 Å². The zero-order valence-electron chi connectivity index (χ0n) is 3.42. The molecule has 0 fully saturated rings. The van der Waals surface area contributed by atoms with Gasteiger partial charge < -0.3 is 4.79 Å². The molecule has 1 nitrogen and oxygen atoms in total. The van der Waals surface area contributed by atoms with Crippen LogP contribution in [-0.2, 0) is 4.79 Å². The van der Waals surface area contributed by atoms with Crippen molar-refractivity contribution in [2.75, 3.05) is 0 Å². The lowest BCUT2D eigenvalue weighted by atomic mass is 10.3. The van der Waals surface area contributed by atoms with Crippen LogP contribution < -0.4 is 0 Å². The van der Waals surface area contributed by atoms with Gasteiger partial charge >= 0.3 is 0 Å². The third-order valence-electron chi connectivity index (χ3n) is 0.833. The maximum Gasteiger partial charge on any atom is 0.120 e. The number of rotatable bonds is 2. The summed E-state index contributed by atoms with van der Waals surface area (Å²) in [6.45, 7) is 0. The van der Waals surface area contributed by atoms with Crippen molar-refractivity contribution in [1.82, 2.24) is 0 Å². The van der Waals surface area contributed by atoms with E-state index in [1.54, 1.807) is 0 Å². The van der Waals surface area contributed by atoms with Crippen molar-refractivity contribution in [3.8, 4) is 0 Å². The monoisotopic (exact) mass is 82.0 g/mol. The molecule has 0 aromatic heterocycles. The zero-order chi connectivity index (χ0) is 4.41. The molecule has 0 unspecified atom stereocenters. The van der Waals surface area contributed by atoms with E-state index in [2.05, 4.69) is 0 Å². The van der Waals surface area contributed by atoms with Crippen LogP contribution in [0.3, 0.4) is 0 Å².